The van der Waals surface area contributed by atoms with Crippen molar-refractivity contribution >= 4 is 22.6 Å². The van der Waals surface area contributed by atoms with Crippen LogP contribution >= 0.6 is 0 Å². The van der Waals surface area contributed by atoms with Gasteiger partial charge in [0.05, 0.1) is 11.5 Å². The minimum absolute atomic E-state index is 0.000772. The van der Waals surface area contributed by atoms with E-state index in [0.29, 0.717) is 30.3 Å². The number of aromatic nitrogens is 2. The average molecular weight is 361 g/mol. The Morgan fingerprint density at radius 3 is 2.62 bits per heavy atom. The number of aryl methyl sites for hydroxylation is 1. The molecule has 0 saturated carbocycles. The second kappa shape index (κ2) is 9.10. The summed E-state index contributed by atoms with van der Waals surface area (Å²) >= 11 is 0. The Balaban J connectivity index is 1.92. The van der Waals surface area contributed by atoms with E-state index in [9.17, 15) is 14.4 Å². The number of fused-ring (bicyclic) bond motifs is 1. The molecule has 0 fully saturated rings. The number of amides is 1. The van der Waals surface area contributed by atoms with E-state index in [2.05, 4.69) is 10.4 Å². The zero-order valence-corrected chi connectivity index (χ0v) is 15.2. The van der Waals surface area contributed by atoms with Crippen molar-refractivity contribution < 1.29 is 19.1 Å². The van der Waals surface area contributed by atoms with Crippen molar-refractivity contribution in [3.63, 3.8) is 0 Å². The quantitative estimate of drug-likeness (QED) is 0.557. The fourth-order valence-electron chi connectivity index (χ4n) is 2.32. The molecule has 26 heavy (non-hydrogen) atoms. The molecule has 0 saturated heterocycles. The Morgan fingerprint density at radius 1 is 1.23 bits per heavy atom. The maximum absolute atomic E-state index is 12.3. The van der Waals surface area contributed by atoms with Crippen LogP contribution in [0.1, 0.15) is 30.8 Å². The Hall–Kier alpha value is -2.74. The van der Waals surface area contributed by atoms with Crippen LogP contribution in [0.5, 0.6) is 0 Å². The lowest BCUT2D eigenvalue weighted by atomic mass is 10.1. The molecule has 1 aromatic carbocycles. The number of nitrogens with zero attached hydrogens (tertiary/aromatic N) is 2. The third-order valence-corrected chi connectivity index (χ3v) is 3.58. The number of nitrogens with one attached hydrogen (secondary N) is 1. The number of benzene rings is 1. The van der Waals surface area contributed by atoms with Gasteiger partial charge in [-0.3, -0.25) is 9.59 Å². The van der Waals surface area contributed by atoms with Crippen LogP contribution in [0.25, 0.3) is 10.8 Å². The van der Waals surface area contributed by atoms with Crippen molar-refractivity contribution in [1.29, 1.82) is 0 Å². The van der Waals surface area contributed by atoms with Crippen molar-refractivity contribution in [2.24, 2.45) is 7.05 Å². The first-order valence-corrected chi connectivity index (χ1v) is 8.41. The fraction of sp³-hybridized carbons (Fsp3) is 0.444. The van der Waals surface area contributed by atoms with Crippen LogP contribution in [0.3, 0.4) is 0 Å². The molecule has 0 aliphatic rings. The summed E-state index contributed by atoms with van der Waals surface area (Å²) in [5, 5.41) is 7.37. The van der Waals surface area contributed by atoms with E-state index in [1.165, 1.54) is 7.05 Å². The summed E-state index contributed by atoms with van der Waals surface area (Å²) in [6.07, 6.45) is 0.820. The van der Waals surface area contributed by atoms with Crippen LogP contribution in [0.15, 0.2) is 29.1 Å². The van der Waals surface area contributed by atoms with E-state index in [-0.39, 0.29) is 17.4 Å². The molecule has 1 aromatic heterocycles. The van der Waals surface area contributed by atoms with Crippen LogP contribution in [0, 0.1) is 0 Å². The van der Waals surface area contributed by atoms with Gasteiger partial charge in [0, 0.05) is 25.6 Å². The predicted octanol–water partition coefficient (Wildman–Crippen LogP) is 1.02. The van der Waals surface area contributed by atoms with E-state index >= 15 is 0 Å². The summed E-state index contributed by atoms with van der Waals surface area (Å²) < 4.78 is 11.5. The van der Waals surface area contributed by atoms with E-state index in [1.807, 2.05) is 13.8 Å². The van der Waals surface area contributed by atoms with Gasteiger partial charge in [-0.05, 0) is 26.3 Å². The second-order valence-corrected chi connectivity index (χ2v) is 6.02. The zero-order chi connectivity index (χ0) is 19.1. The standard InChI is InChI=1S/C18H23N3O5/c1-12(2)25-10-6-9-19-15(22)11-26-18(24)16-13-7-4-5-8-14(13)17(23)21(3)20-16/h4-5,7-8,12H,6,9-11H2,1-3H3,(H,19,22). The molecular weight excluding hydrogens is 338 g/mol. The molecule has 1 amide bonds. The first-order valence-electron chi connectivity index (χ1n) is 8.41. The maximum Gasteiger partial charge on any atom is 0.359 e. The normalized spacial score (nSPS) is 10.9. The van der Waals surface area contributed by atoms with E-state index in [4.69, 9.17) is 9.47 Å². The van der Waals surface area contributed by atoms with Gasteiger partial charge in [0.15, 0.2) is 12.3 Å². The van der Waals surface area contributed by atoms with Gasteiger partial charge < -0.3 is 14.8 Å². The number of rotatable bonds is 8. The molecule has 0 aliphatic heterocycles. The second-order valence-electron chi connectivity index (χ2n) is 6.02. The topological polar surface area (TPSA) is 99.5 Å². The molecule has 0 atom stereocenters. The Morgan fingerprint density at radius 2 is 1.92 bits per heavy atom. The molecule has 140 valence electrons. The van der Waals surface area contributed by atoms with Crippen molar-refractivity contribution in [2.45, 2.75) is 26.4 Å². The van der Waals surface area contributed by atoms with E-state index in [1.54, 1.807) is 24.3 Å². The lowest BCUT2D eigenvalue weighted by Crippen LogP contribution is -2.31. The van der Waals surface area contributed by atoms with E-state index < -0.39 is 18.5 Å². The molecule has 0 bridgehead atoms. The Labute approximate surface area is 151 Å². The van der Waals surface area contributed by atoms with Crippen molar-refractivity contribution in [1.82, 2.24) is 15.1 Å². The average Bonchev–Trinajstić information content (AvgIpc) is 2.62. The molecule has 1 N–H and O–H groups in total. The summed E-state index contributed by atoms with van der Waals surface area (Å²) in [6, 6.07) is 6.64. The largest absolute Gasteiger partial charge is 0.451 e. The highest BCUT2D eigenvalue weighted by Crippen LogP contribution is 2.13. The number of carbonyl (C=O) groups excluding carboxylic acids is 2. The van der Waals surface area contributed by atoms with Gasteiger partial charge in [-0.25, -0.2) is 9.48 Å². The van der Waals surface area contributed by atoms with Gasteiger partial charge in [0.1, 0.15) is 0 Å². The molecule has 0 radical (unpaired) electrons. The monoisotopic (exact) mass is 361 g/mol. The van der Waals surface area contributed by atoms with Crippen LogP contribution < -0.4 is 10.9 Å². The third kappa shape index (κ3) is 5.13. The molecule has 8 heteroatoms. The van der Waals surface area contributed by atoms with Crippen LogP contribution in [-0.4, -0.2) is 47.5 Å². The van der Waals surface area contributed by atoms with Gasteiger partial charge in [0.25, 0.3) is 11.5 Å². The summed E-state index contributed by atoms with van der Waals surface area (Å²) in [5.74, 6) is -1.16. The van der Waals surface area contributed by atoms with Gasteiger partial charge in [-0.1, -0.05) is 18.2 Å². The fourth-order valence-corrected chi connectivity index (χ4v) is 2.32. The molecule has 0 unspecified atom stereocenters. The van der Waals surface area contributed by atoms with Crippen molar-refractivity contribution in [3.8, 4) is 0 Å². The summed E-state index contributed by atoms with van der Waals surface area (Å²) in [6.45, 7) is 4.45. The van der Waals surface area contributed by atoms with Gasteiger partial charge >= 0.3 is 5.97 Å². The SMILES string of the molecule is CC(C)OCCCNC(=O)COC(=O)c1nn(C)c(=O)c2ccccc12. The molecule has 0 spiro atoms. The number of hydrogen-bond acceptors (Lipinski definition) is 6. The van der Waals surface area contributed by atoms with Gasteiger partial charge in [-0.15, -0.1) is 0 Å². The Bertz CT molecular complexity index is 844. The number of ether oxygens (including phenoxy) is 2. The number of carbonyl (C=O) groups is 2. The zero-order valence-electron chi connectivity index (χ0n) is 15.2. The predicted molar refractivity (Wildman–Crippen MR) is 96.0 cm³/mol. The third-order valence-electron chi connectivity index (χ3n) is 3.58. The molecule has 2 aromatic rings. The van der Waals surface area contributed by atoms with Crippen molar-refractivity contribution in [2.75, 3.05) is 19.8 Å². The van der Waals surface area contributed by atoms with Crippen molar-refractivity contribution in [3.05, 3.63) is 40.3 Å². The number of esters is 1. The highest BCUT2D eigenvalue weighted by atomic mass is 16.5. The van der Waals surface area contributed by atoms with Gasteiger partial charge in [-0.2, -0.15) is 5.10 Å². The van der Waals surface area contributed by atoms with E-state index in [0.717, 1.165) is 4.68 Å². The molecule has 1 heterocycles. The highest BCUT2D eigenvalue weighted by molar-refractivity contribution is 6.02. The summed E-state index contributed by atoms with van der Waals surface area (Å²) in [4.78, 5) is 36.1. The van der Waals surface area contributed by atoms with Crippen LogP contribution in [0.2, 0.25) is 0 Å². The van der Waals surface area contributed by atoms with Gasteiger partial charge in [0.2, 0.25) is 0 Å². The first kappa shape index (κ1) is 19.6. The minimum Gasteiger partial charge on any atom is -0.451 e. The number of hydrogen-bond donors (Lipinski definition) is 1. The van der Waals surface area contributed by atoms with Crippen LogP contribution in [0.4, 0.5) is 0 Å². The minimum atomic E-state index is -0.755. The maximum atomic E-state index is 12.3. The summed E-state index contributed by atoms with van der Waals surface area (Å²) in [7, 11) is 1.46. The molecule has 0 aliphatic carbocycles. The van der Waals surface area contributed by atoms with Crippen LogP contribution in [-0.2, 0) is 21.3 Å². The molecular formula is C18H23N3O5. The first-order chi connectivity index (χ1) is 12.4. The Kier molecular flexibility index (Phi) is 6.85. The molecule has 2 rings (SSSR count). The lowest BCUT2D eigenvalue weighted by Gasteiger charge is -2.09. The highest BCUT2D eigenvalue weighted by Gasteiger charge is 2.17. The smallest absolute Gasteiger partial charge is 0.359 e. The summed E-state index contributed by atoms with van der Waals surface area (Å²) in [5.41, 5.74) is -0.306. The lowest BCUT2D eigenvalue weighted by molar-refractivity contribution is -0.124. The molecule has 8 nitrogen and oxygen atoms in total.